The lowest BCUT2D eigenvalue weighted by atomic mass is 10.1. The quantitative estimate of drug-likeness (QED) is 0.339. The minimum absolute atomic E-state index is 0.0317. The van der Waals surface area contributed by atoms with E-state index < -0.39 is 22.8 Å². The highest BCUT2D eigenvalue weighted by molar-refractivity contribution is 6.30. The molecule has 0 atom stereocenters. The van der Waals surface area contributed by atoms with Gasteiger partial charge in [0.15, 0.2) is 11.6 Å². The molecule has 1 saturated carbocycles. The van der Waals surface area contributed by atoms with Crippen LogP contribution in [0.15, 0.2) is 41.3 Å². The highest BCUT2D eigenvalue weighted by atomic mass is 35.5. The van der Waals surface area contributed by atoms with Gasteiger partial charge in [0.25, 0.3) is 0 Å². The predicted octanol–water partition coefficient (Wildman–Crippen LogP) is 2.20. The molecule has 1 aromatic carbocycles. The normalized spacial score (nSPS) is 16.1. The van der Waals surface area contributed by atoms with Gasteiger partial charge in [0.05, 0.1) is 17.6 Å². The van der Waals surface area contributed by atoms with E-state index in [9.17, 15) is 19.5 Å². The van der Waals surface area contributed by atoms with Crippen LogP contribution < -0.4 is 10.3 Å². The first-order valence-electron chi connectivity index (χ1n) is 12.3. The number of benzene rings is 1. The Labute approximate surface area is 225 Å². The van der Waals surface area contributed by atoms with Crippen molar-refractivity contribution in [1.29, 1.82) is 0 Å². The van der Waals surface area contributed by atoms with Crippen molar-refractivity contribution in [2.75, 3.05) is 37.6 Å². The summed E-state index contributed by atoms with van der Waals surface area (Å²) >= 11 is 5.94. The second kappa shape index (κ2) is 9.82. The van der Waals surface area contributed by atoms with E-state index in [1.54, 1.807) is 33.7 Å². The summed E-state index contributed by atoms with van der Waals surface area (Å²) in [5, 5.41) is 21.4. The number of nitrogens with zero attached hydrogens (tertiary/aromatic N) is 8. The Kier molecular flexibility index (Phi) is 6.31. The zero-order valence-corrected chi connectivity index (χ0v) is 21.3. The van der Waals surface area contributed by atoms with Gasteiger partial charge in [-0.15, -0.1) is 5.10 Å². The van der Waals surface area contributed by atoms with Gasteiger partial charge in [0, 0.05) is 43.4 Å². The number of pyridine rings is 2. The molecule has 6 rings (SSSR count). The first-order chi connectivity index (χ1) is 18.8. The lowest BCUT2D eigenvalue weighted by Crippen LogP contribution is -2.48. The minimum Gasteiger partial charge on any atom is -0.477 e. The topological polar surface area (TPSA) is 139 Å². The van der Waals surface area contributed by atoms with Gasteiger partial charge in [-0.3, -0.25) is 14.5 Å². The van der Waals surface area contributed by atoms with Crippen molar-refractivity contribution in [2.24, 2.45) is 0 Å². The Morgan fingerprint density at radius 3 is 2.49 bits per heavy atom. The number of Topliss-reactive ketones (excluding diaryl/α,β-unsaturated/α-hetero) is 1. The van der Waals surface area contributed by atoms with Crippen molar-refractivity contribution in [3.8, 4) is 5.69 Å². The smallest absolute Gasteiger partial charge is 0.341 e. The minimum atomic E-state index is -1.35. The monoisotopic (exact) mass is 552 g/mol. The van der Waals surface area contributed by atoms with Crippen LogP contribution in [-0.4, -0.2) is 84.2 Å². The summed E-state index contributed by atoms with van der Waals surface area (Å²) in [7, 11) is 0. The fourth-order valence-corrected chi connectivity index (χ4v) is 4.88. The number of aromatic nitrogens is 6. The fourth-order valence-electron chi connectivity index (χ4n) is 4.75. The highest BCUT2D eigenvalue weighted by Crippen LogP contribution is 2.37. The van der Waals surface area contributed by atoms with Crippen LogP contribution in [0.3, 0.4) is 0 Å². The van der Waals surface area contributed by atoms with E-state index in [4.69, 9.17) is 11.6 Å². The van der Waals surface area contributed by atoms with E-state index in [-0.39, 0.29) is 41.0 Å². The number of ketones is 1. The van der Waals surface area contributed by atoms with Gasteiger partial charge in [-0.2, -0.15) is 4.68 Å². The SMILES string of the molecule is O=C(O)c1cn(C2CC2)c2nc(N3CCN(CC(=O)c4nnnn4-c4ccc(Cl)cc4)CC3)c(F)cc2c1=O. The predicted molar refractivity (Wildman–Crippen MR) is 138 cm³/mol. The zero-order valence-electron chi connectivity index (χ0n) is 20.5. The fraction of sp³-hybridized carbons (Fsp3) is 0.320. The van der Waals surface area contributed by atoms with Gasteiger partial charge in [0.2, 0.25) is 17.0 Å². The molecule has 2 fully saturated rings. The zero-order chi connectivity index (χ0) is 27.3. The summed E-state index contributed by atoms with van der Waals surface area (Å²) in [4.78, 5) is 45.5. The Balaban J connectivity index is 1.19. The van der Waals surface area contributed by atoms with Crippen LogP contribution in [0, 0.1) is 5.82 Å². The Bertz CT molecular complexity index is 1660. The number of fused-ring (bicyclic) bond motifs is 1. The van der Waals surface area contributed by atoms with Crippen LogP contribution in [0.4, 0.5) is 10.2 Å². The van der Waals surface area contributed by atoms with Gasteiger partial charge in [0.1, 0.15) is 11.2 Å². The Hall–Kier alpha value is -4.23. The van der Waals surface area contributed by atoms with E-state index >= 15 is 4.39 Å². The molecule has 0 bridgehead atoms. The van der Waals surface area contributed by atoms with Crippen LogP contribution in [0.2, 0.25) is 5.02 Å². The summed E-state index contributed by atoms with van der Waals surface area (Å²) < 4.78 is 18.2. The first kappa shape index (κ1) is 25.1. The van der Waals surface area contributed by atoms with Gasteiger partial charge >= 0.3 is 5.97 Å². The van der Waals surface area contributed by atoms with Gasteiger partial charge < -0.3 is 14.6 Å². The number of carbonyl (C=O) groups is 2. The van der Waals surface area contributed by atoms with Crippen LogP contribution in [-0.2, 0) is 0 Å². The second-order valence-corrected chi connectivity index (χ2v) is 9.99. The number of halogens is 2. The van der Waals surface area contributed by atoms with Crippen LogP contribution in [0.1, 0.15) is 39.9 Å². The van der Waals surface area contributed by atoms with Crippen molar-refractivity contribution >= 4 is 40.2 Å². The van der Waals surface area contributed by atoms with E-state index in [2.05, 4.69) is 20.5 Å². The maximum atomic E-state index is 15.2. The van der Waals surface area contributed by atoms with Crippen molar-refractivity contribution in [3.05, 3.63) is 69.0 Å². The molecule has 14 heteroatoms. The standard InChI is InChI=1S/C25H22ClFN8O4/c26-14-1-3-16(4-2-14)35-24(29-30-31-35)20(36)13-32-7-9-33(10-8-32)23-19(27)11-17-21(37)18(25(38)39)12-34(15-5-6-15)22(17)28-23/h1-4,11-12,15H,5-10,13H2,(H,38,39). The molecule has 0 spiro atoms. The maximum Gasteiger partial charge on any atom is 0.341 e. The molecule has 4 aromatic rings. The molecule has 39 heavy (non-hydrogen) atoms. The van der Waals surface area contributed by atoms with Crippen LogP contribution >= 0.6 is 11.6 Å². The third-order valence-corrected chi connectivity index (χ3v) is 7.19. The number of carboxylic acid groups (broad SMARTS) is 1. The molecule has 0 amide bonds. The average molecular weight is 553 g/mol. The molecular formula is C25H22ClFN8O4. The van der Waals surface area contributed by atoms with Gasteiger partial charge in [-0.05, 0) is 53.6 Å². The number of rotatable bonds is 7. The summed E-state index contributed by atoms with van der Waals surface area (Å²) in [6.07, 6.45) is 2.97. The van der Waals surface area contributed by atoms with Crippen molar-refractivity contribution < 1.29 is 19.1 Å². The molecule has 1 saturated heterocycles. The number of carboxylic acids is 1. The van der Waals surface area contributed by atoms with Crippen LogP contribution in [0.5, 0.6) is 0 Å². The van der Waals surface area contributed by atoms with Crippen LogP contribution in [0.25, 0.3) is 16.7 Å². The molecule has 12 nitrogen and oxygen atoms in total. The molecule has 1 aliphatic heterocycles. The molecule has 0 unspecified atom stereocenters. The summed E-state index contributed by atoms with van der Waals surface area (Å²) in [5.41, 5.74) is -0.272. The van der Waals surface area contributed by atoms with Gasteiger partial charge in [-0.1, -0.05) is 11.6 Å². The van der Waals surface area contributed by atoms with E-state index in [1.807, 2.05) is 4.90 Å². The maximum absolute atomic E-state index is 15.2. The lowest BCUT2D eigenvalue weighted by Gasteiger charge is -2.35. The average Bonchev–Trinajstić information content (AvgIpc) is 3.65. The molecular weight excluding hydrogens is 531 g/mol. The molecule has 2 aliphatic rings. The van der Waals surface area contributed by atoms with Crippen molar-refractivity contribution in [1.82, 2.24) is 34.7 Å². The summed E-state index contributed by atoms with van der Waals surface area (Å²) in [6.45, 7) is 1.79. The molecule has 4 heterocycles. The number of hydrogen-bond acceptors (Lipinski definition) is 9. The largest absolute Gasteiger partial charge is 0.477 e. The van der Waals surface area contributed by atoms with Gasteiger partial charge in [-0.25, -0.2) is 14.2 Å². The molecule has 0 radical (unpaired) electrons. The highest BCUT2D eigenvalue weighted by Gasteiger charge is 2.30. The first-order valence-corrected chi connectivity index (χ1v) is 12.7. The second-order valence-electron chi connectivity index (χ2n) is 9.56. The molecule has 3 aromatic heterocycles. The Morgan fingerprint density at radius 2 is 1.82 bits per heavy atom. The Morgan fingerprint density at radius 1 is 1.10 bits per heavy atom. The number of aromatic carboxylic acids is 1. The van der Waals surface area contributed by atoms with Crippen molar-refractivity contribution in [3.63, 3.8) is 0 Å². The van der Waals surface area contributed by atoms with E-state index in [0.29, 0.717) is 36.9 Å². The molecule has 200 valence electrons. The number of hydrogen-bond donors (Lipinski definition) is 1. The number of carbonyl (C=O) groups excluding carboxylic acids is 1. The molecule has 1 aliphatic carbocycles. The number of piperazine rings is 1. The lowest BCUT2D eigenvalue weighted by molar-refractivity contribution is 0.0694. The molecule has 1 N–H and O–H groups in total. The number of tetrazole rings is 1. The number of anilines is 1. The third kappa shape index (κ3) is 4.74. The summed E-state index contributed by atoms with van der Waals surface area (Å²) in [6, 6.07) is 7.90. The van der Waals surface area contributed by atoms with E-state index in [0.717, 1.165) is 18.9 Å². The third-order valence-electron chi connectivity index (χ3n) is 6.94. The van der Waals surface area contributed by atoms with E-state index in [1.165, 1.54) is 10.9 Å². The summed E-state index contributed by atoms with van der Waals surface area (Å²) in [5.74, 6) is -2.12. The van der Waals surface area contributed by atoms with Crippen molar-refractivity contribution in [2.45, 2.75) is 18.9 Å².